The number of ether oxygens (including phenoxy) is 1. The lowest BCUT2D eigenvalue weighted by Gasteiger charge is -2.21. The predicted octanol–water partition coefficient (Wildman–Crippen LogP) is 3.72. The van der Waals surface area contributed by atoms with Crippen LogP contribution >= 0.6 is 0 Å². The van der Waals surface area contributed by atoms with E-state index in [1.165, 1.54) is 11.1 Å². The van der Waals surface area contributed by atoms with Crippen LogP contribution in [0.4, 0.5) is 0 Å². The van der Waals surface area contributed by atoms with E-state index in [0.29, 0.717) is 5.56 Å². The first-order valence-corrected chi connectivity index (χ1v) is 12.5. The van der Waals surface area contributed by atoms with Gasteiger partial charge in [-0.2, -0.15) is 0 Å². The molecule has 0 spiro atoms. The Morgan fingerprint density at radius 3 is 2.81 bits per heavy atom. The van der Waals surface area contributed by atoms with Crippen molar-refractivity contribution in [2.75, 3.05) is 27.2 Å². The van der Waals surface area contributed by atoms with E-state index >= 15 is 0 Å². The van der Waals surface area contributed by atoms with Crippen LogP contribution < -0.4 is 10.1 Å². The zero-order chi connectivity index (χ0) is 26.3. The van der Waals surface area contributed by atoms with Crippen molar-refractivity contribution in [3.05, 3.63) is 65.0 Å². The molecule has 2 aromatic heterocycles. The molecule has 0 aliphatic carbocycles. The van der Waals surface area contributed by atoms with E-state index in [1.54, 1.807) is 26.0 Å². The lowest BCUT2D eigenvalue weighted by molar-refractivity contribution is 0.0703. The number of hydrogen-bond donors (Lipinski definition) is 2. The van der Waals surface area contributed by atoms with E-state index in [0.717, 1.165) is 64.4 Å². The molecule has 2 N–H and O–H groups in total. The Morgan fingerprint density at radius 2 is 2.08 bits per heavy atom. The standard InChI is InChI=1S/C29H33N5O3/c1-17-10-19(6-7-22(17)29(36)34(4)15-18(2)35)24-16-33(3)28-27(24)32-25(14-31-28)21-11-20-8-9-30-13-23(20)26(12-21)37-5/h6-7,10-12,14,16,18,30,35H,8-9,13,15H2,1-5H3/t18-/m0/s1. The van der Waals surface area contributed by atoms with Crippen molar-refractivity contribution >= 4 is 17.1 Å². The van der Waals surface area contributed by atoms with Gasteiger partial charge in [-0.15, -0.1) is 0 Å². The number of carbonyl (C=O) groups is 1. The van der Waals surface area contributed by atoms with Gasteiger partial charge in [-0.1, -0.05) is 12.1 Å². The van der Waals surface area contributed by atoms with Crippen molar-refractivity contribution in [1.29, 1.82) is 0 Å². The number of fused-ring (bicyclic) bond motifs is 2. The second kappa shape index (κ2) is 9.95. The Morgan fingerprint density at radius 1 is 1.27 bits per heavy atom. The number of hydrogen-bond acceptors (Lipinski definition) is 6. The van der Waals surface area contributed by atoms with Crippen LogP contribution in [0.2, 0.25) is 0 Å². The normalized spacial score (nSPS) is 13.9. The molecule has 1 aliphatic heterocycles. The molecule has 0 saturated carbocycles. The molecule has 0 radical (unpaired) electrons. The van der Waals surface area contributed by atoms with Gasteiger partial charge in [0.05, 0.1) is 25.1 Å². The van der Waals surface area contributed by atoms with Crippen LogP contribution in [0.5, 0.6) is 5.75 Å². The van der Waals surface area contributed by atoms with Gasteiger partial charge in [-0.3, -0.25) is 4.79 Å². The molecule has 8 heteroatoms. The summed E-state index contributed by atoms with van der Waals surface area (Å²) >= 11 is 0. The molecule has 0 unspecified atom stereocenters. The Hall–Kier alpha value is -3.75. The summed E-state index contributed by atoms with van der Waals surface area (Å²) in [5.74, 6) is 0.757. The Balaban J connectivity index is 1.55. The molecule has 1 amide bonds. The van der Waals surface area contributed by atoms with Crippen molar-refractivity contribution in [3.8, 4) is 28.1 Å². The third kappa shape index (κ3) is 4.70. The lowest BCUT2D eigenvalue weighted by Crippen LogP contribution is -2.33. The van der Waals surface area contributed by atoms with Gasteiger partial charge in [0.15, 0.2) is 5.65 Å². The zero-order valence-corrected chi connectivity index (χ0v) is 22.0. The van der Waals surface area contributed by atoms with E-state index in [1.807, 2.05) is 55.2 Å². The van der Waals surface area contributed by atoms with Gasteiger partial charge in [-0.25, -0.2) is 9.97 Å². The summed E-state index contributed by atoms with van der Waals surface area (Å²) in [4.78, 5) is 24.3. The summed E-state index contributed by atoms with van der Waals surface area (Å²) < 4.78 is 7.68. The first-order valence-electron chi connectivity index (χ1n) is 12.5. The highest BCUT2D eigenvalue weighted by Crippen LogP contribution is 2.34. The van der Waals surface area contributed by atoms with Crippen molar-refractivity contribution in [2.24, 2.45) is 7.05 Å². The topological polar surface area (TPSA) is 92.5 Å². The van der Waals surface area contributed by atoms with Crippen LogP contribution in [-0.4, -0.2) is 63.8 Å². The molecule has 37 heavy (non-hydrogen) atoms. The molecule has 3 heterocycles. The van der Waals surface area contributed by atoms with Gasteiger partial charge in [0.2, 0.25) is 0 Å². The average Bonchev–Trinajstić information content (AvgIpc) is 3.22. The number of nitrogens with zero attached hydrogens (tertiary/aromatic N) is 4. The quantitative estimate of drug-likeness (QED) is 0.420. The Labute approximate surface area is 216 Å². The van der Waals surface area contributed by atoms with Crippen molar-refractivity contribution in [2.45, 2.75) is 32.9 Å². The number of likely N-dealkylation sites (N-methyl/N-ethyl adjacent to an activating group) is 1. The van der Waals surface area contributed by atoms with Crippen LogP contribution in [0.25, 0.3) is 33.5 Å². The van der Waals surface area contributed by atoms with Crippen LogP contribution in [0.3, 0.4) is 0 Å². The summed E-state index contributed by atoms with van der Waals surface area (Å²) in [6, 6.07) is 10.1. The summed E-state index contributed by atoms with van der Waals surface area (Å²) in [6.07, 6.45) is 4.22. The summed E-state index contributed by atoms with van der Waals surface area (Å²) in [5.41, 5.74) is 9.28. The molecule has 5 rings (SSSR count). The molecule has 0 saturated heterocycles. The van der Waals surface area contributed by atoms with E-state index in [9.17, 15) is 9.90 Å². The molecular formula is C29H33N5O3. The highest BCUT2D eigenvalue weighted by molar-refractivity contribution is 5.97. The van der Waals surface area contributed by atoms with Crippen LogP contribution in [0.15, 0.2) is 42.7 Å². The number of carbonyl (C=O) groups excluding carboxylic acids is 1. The van der Waals surface area contributed by atoms with Gasteiger partial charge in [-0.05, 0) is 61.7 Å². The van der Waals surface area contributed by atoms with Gasteiger partial charge < -0.3 is 24.6 Å². The Bertz CT molecular complexity index is 1470. The largest absolute Gasteiger partial charge is 0.496 e. The van der Waals surface area contributed by atoms with E-state index in [4.69, 9.17) is 14.7 Å². The number of benzene rings is 2. The number of rotatable bonds is 6. The van der Waals surface area contributed by atoms with Crippen LogP contribution in [0, 0.1) is 6.92 Å². The lowest BCUT2D eigenvalue weighted by atomic mass is 9.96. The maximum Gasteiger partial charge on any atom is 0.253 e. The van der Waals surface area contributed by atoms with Gasteiger partial charge in [0, 0.05) is 55.6 Å². The third-order valence-corrected chi connectivity index (χ3v) is 7.01. The smallest absolute Gasteiger partial charge is 0.253 e. The molecular weight excluding hydrogens is 466 g/mol. The average molecular weight is 500 g/mol. The van der Waals surface area contributed by atoms with Crippen LogP contribution in [0.1, 0.15) is 34.0 Å². The SMILES string of the molecule is COc1cc(-c2cnc3c(n2)c(-c2ccc(C(=O)N(C)C[C@H](C)O)c(C)c2)cn3C)cc2c1CNCC2. The van der Waals surface area contributed by atoms with E-state index < -0.39 is 6.10 Å². The fourth-order valence-electron chi connectivity index (χ4n) is 5.14. The van der Waals surface area contributed by atoms with Gasteiger partial charge in [0.1, 0.15) is 11.3 Å². The number of aromatic nitrogens is 3. The first-order chi connectivity index (χ1) is 17.8. The number of aliphatic hydroxyl groups is 1. The number of aliphatic hydroxyl groups excluding tert-OH is 1. The molecule has 4 aromatic rings. The monoisotopic (exact) mass is 499 g/mol. The van der Waals surface area contributed by atoms with Crippen molar-refractivity contribution < 1.29 is 14.6 Å². The molecule has 1 aliphatic rings. The minimum absolute atomic E-state index is 0.110. The van der Waals surface area contributed by atoms with Gasteiger partial charge in [0.25, 0.3) is 5.91 Å². The summed E-state index contributed by atoms with van der Waals surface area (Å²) in [7, 11) is 5.37. The molecule has 192 valence electrons. The van der Waals surface area contributed by atoms with E-state index in [-0.39, 0.29) is 12.5 Å². The molecule has 0 fully saturated rings. The third-order valence-electron chi connectivity index (χ3n) is 7.01. The maximum absolute atomic E-state index is 12.9. The predicted molar refractivity (Wildman–Crippen MR) is 145 cm³/mol. The maximum atomic E-state index is 12.9. The fourth-order valence-corrected chi connectivity index (χ4v) is 5.14. The van der Waals surface area contributed by atoms with E-state index in [2.05, 4.69) is 11.4 Å². The molecule has 0 bridgehead atoms. The number of amides is 1. The Kier molecular flexibility index (Phi) is 6.70. The summed E-state index contributed by atoms with van der Waals surface area (Å²) in [5, 5.41) is 13.1. The summed E-state index contributed by atoms with van der Waals surface area (Å²) in [6.45, 7) is 5.64. The van der Waals surface area contributed by atoms with Gasteiger partial charge >= 0.3 is 0 Å². The first kappa shape index (κ1) is 24.9. The van der Waals surface area contributed by atoms with Crippen molar-refractivity contribution in [3.63, 3.8) is 0 Å². The number of aryl methyl sites for hydroxylation is 2. The highest BCUT2D eigenvalue weighted by Gasteiger charge is 2.20. The molecule has 1 atom stereocenters. The minimum Gasteiger partial charge on any atom is -0.496 e. The number of nitrogens with one attached hydrogen (secondary N) is 1. The van der Waals surface area contributed by atoms with Crippen molar-refractivity contribution in [1.82, 2.24) is 24.8 Å². The fraction of sp³-hybridized carbons (Fsp3) is 0.345. The zero-order valence-electron chi connectivity index (χ0n) is 22.0. The molecule has 8 nitrogen and oxygen atoms in total. The molecule has 2 aromatic carbocycles. The second-order valence-electron chi connectivity index (χ2n) is 9.89. The minimum atomic E-state index is -0.580. The van der Waals surface area contributed by atoms with Crippen LogP contribution in [-0.2, 0) is 20.0 Å². The number of methoxy groups -OCH3 is 1. The second-order valence-corrected chi connectivity index (χ2v) is 9.89. The highest BCUT2D eigenvalue weighted by atomic mass is 16.5.